The van der Waals surface area contributed by atoms with E-state index < -0.39 is 0 Å². The minimum absolute atomic E-state index is 0.0753. The minimum atomic E-state index is -0.335. The highest BCUT2D eigenvalue weighted by atomic mass is 32.1. The zero-order valence-corrected chi connectivity index (χ0v) is 11.3. The van der Waals surface area contributed by atoms with Crippen molar-refractivity contribution in [2.24, 2.45) is 5.73 Å². The molecule has 2 amide bonds. The Labute approximate surface area is 110 Å². The molecule has 0 radical (unpaired) electrons. The average Bonchev–Trinajstić information content (AvgIpc) is 2.73. The van der Waals surface area contributed by atoms with Crippen LogP contribution in [0, 0.1) is 6.92 Å². The van der Waals surface area contributed by atoms with Gasteiger partial charge in [0.2, 0.25) is 11.8 Å². The van der Waals surface area contributed by atoms with E-state index in [2.05, 4.69) is 5.32 Å². The van der Waals surface area contributed by atoms with Gasteiger partial charge in [-0.2, -0.15) is 0 Å². The summed E-state index contributed by atoms with van der Waals surface area (Å²) in [5, 5.41) is 2.34. The Bertz CT molecular complexity index is 472. The van der Waals surface area contributed by atoms with Gasteiger partial charge < -0.3 is 5.73 Å². The smallest absolute Gasteiger partial charge is 0.243 e. The number of carbonyl (C=O) groups is 2. The number of imide groups is 1. The number of nitrogens with two attached hydrogens (primary N) is 1. The van der Waals surface area contributed by atoms with Gasteiger partial charge in [0.1, 0.15) is 0 Å². The van der Waals surface area contributed by atoms with Crippen molar-refractivity contribution in [3.8, 4) is 0 Å². The van der Waals surface area contributed by atoms with E-state index in [0.717, 1.165) is 4.88 Å². The summed E-state index contributed by atoms with van der Waals surface area (Å²) in [5.74, 6) is -0.511. The standard InChI is InChI=1S/C12H17N3O2S/c1-7-3-4-10(18-7)9(5-13)15-6-11(16)14-12(17)8(15)2/h3-4,8-9H,5-6,13H2,1-2H3,(H,14,16,17). The summed E-state index contributed by atoms with van der Waals surface area (Å²) >= 11 is 1.65. The molecule has 1 aromatic heterocycles. The van der Waals surface area contributed by atoms with Crippen LogP contribution in [0.4, 0.5) is 0 Å². The van der Waals surface area contributed by atoms with Crippen LogP contribution in [0.5, 0.6) is 0 Å². The number of hydrogen-bond donors (Lipinski definition) is 2. The number of aryl methyl sites for hydroxylation is 1. The summed E-state index contributed by atoms with van der Waals surface area (Å²) in [5.41, 5.74) is 5.82. The van der Waals surface area contributed by atoms with Crippen LogP contribution in [0.3, 0.4) is 0 Å². The summed E-state index contributed by atoms with van der Waals surface area (Å²) in [6.45, 7) is 4.43. The molecule has 5 nitrogen and oxygen atoms in total. The first-order chi connectivity index (χ1) is 8.52. The van der Waals surface area contributed by atoms with Crippen LogP contribution in [0.1, 0.15) is 22.7 Å². The van der Waals surface area contributed by atoms with E-state index in [1.165, 1.54) is 4.88 Å². The molecule has 1 aromatic rings. The van der Waals surface area contributed by atoms with E-state index in [-0.39, 0.29) is 30.4 Å². The molecule has 0 saturated carbocycles. The van der Waals surface area contributed by atoms with Crippen LogP contribution in [0.15, 0.2) is 12.1 Å². The summed E-state index contributed by atoms with van der Waals surface area (Å²) in [7, 11) is 0. The first kappa shape index (κ1) is 13.2. The molecule has 2 unspecified atom stereocenters. The fourth-order valence-corrected chi connectivity index (χ4v) is 3.17. The lowest BCUT2D eigenvalue weighted by atomic mass is 10.1. The van der Waals surface area contributed by atoms with E-state index in [1.54, 1.807) is 18.3 Å². The van der Waals surface area contributed by atoms with Gasteiger partial charge in [0.25, 0.3) is 0 Å². The second-order valence-electron chi connectivity index (χ2n) is 4.46. The first-order valence-electron chi connectivity index (χ1n) is 5.88. The lowest BCUT2D eigenvalue weighted by Crippen LogP contribution is -2.58. The van der Waals surface area contributed by atoms with E-state index in [9.17, 15) is 9.59 Å². The molecule has 98 valence electrons. The normalized spacial score (nSPS) is 22.9. The highest BCUT2D eigenvalue weighted by Gasteiger charge is 2.35. The van der Waals surface area contributed by atoms with Gasteiger partial charge in [0.05, 0.1) is 18.6 Å². The highest BCUT2D eigenvalue weighted by Crippen LogP contribution is 2.29. The zero-order chi connectivity index (χ0) is 13.3. The molecular formula is C12H17N3O2S. The molecule has 6 heteroatoms. The molecular weight excluding hydrogens is 250 g/mol. The molecule has 0 spiro atoms. The first-order valence-corrected chi connectivity index (χ1v) is 6.70. The van der Waals surface area contributed by atoms with Crippen molar-refractivity contribution in [1.29, 1.82) is 0 Å². The topological polar surface area (TPSA) is 75.4 Å². The number of hydrogen-bond acceptors (Lipinski definition) is 5. The fraction of sp³-hybridized carbons (Fsp3) is 0.500. The third kappa shape index (κ3) is 2.45. The fourth-order valence-electron chi connectivity index (χ4n) is 2.16. The van der Waals surface area contributed by atoms with Crippen molar-refractivity contribution >= 4 is 23.2 Å². The number of piperazine rings is 1. The third-order valence-electron chi connectivity index (χ3n) is 3.18. The number of rotatable bonds is 3. The molecule has 2 rings (SSSR count). The lowest BCUT2D eigenvalue weighted by Gasteiger charge is -2.37. The zero-order valence-electron chi connectivity index (χ0n) is 10.5. The molecule has 1 aliphatic rings. The molecule has 0 bridgehead atoms. The molecule has 1 saturated heterocycles. The van der Waals surface area contributed by atoms with Crippen LogP contribution >= 0.6 is 11.3 Å². The molecule has 2 heterocycles. The van der Waals surface area contributed by atoms with E-state index in [4.69, 9.17) is 5.73 Å². The van der Waals surface area contributed by atoms with Gasteiger partial charge in [-0.1, -0.05) is 0 Å². The van der Waals surface area contributed by atoms with Gasteiger partial charge in [0, 0.05) is 16.3 Å². The van der Waals surface area contributed by atoms with Crippen LogP contribution in [-0.4, -0.2) is 35.8 Å². The van der Waals surface area contributed by atoms with Gasteiger partial charge in [0.15, 0.2) is 0 Å². The Kier molecular flexibility index (Phi) is 3.79. The van der Waals surface area contributed by atoms with Crippen molar-refractivity contribution in [2.75, 3.05) is 13.1 Å². The minimum Gasteiger partial charge on any atom is -0.329 e. The lowest BCUT2D eigenvalue weighted by molar-refractivity contribution is -0.140. The predicted molar refractivity (Wildman–Crippen MR) is 70.2 cm³/mol. The van der Waals surface area contributed by atoms with Crippen molar-refractivity contribution in [3.63, 3.8) is 0 Å². The van der Waals surface area contributed by atoms with Crippen molar-refractivity contribution < 1.29 is 9.59 Å². The maximum Gasteiger partial charge on any atom is 0.243 e. The Morgan fingerprint density at radius 2 is 2.28 bits per heavy atom. The molecule has 1 aliphatic heterocycles. The quantitative estimate of drug-likeness (QED) is 0.778. The summed E-state index contributed by atoms with van der Waals surface area (Å²) in [6.07, 6.45) is 0. The Morgan fingerprint density at radius 3 is 2.83 bits per heavy atom. The Balaban J connectivity index is 2.26. The van der Waals surface area contributed by atoms with Crippen LogP contribution in [0.25, 0.3) is 0 Å². The molecule has 0 aliphatic carbocycles. The number of amides is 2. The van der Waals surface area contributed by atoms with Gasteiger partial charge in [-0.05, 0) is 26.0 Å². The van der Waals surface area contributed by atoms with Crippen LogP contribution in [-0.2, 0) is 9.59 Å². The van der Waals surface area contributed by atoms with Crippen LogP contribution in [0.2, 0.25) is 0 Å². The van der Waals surface area contributed by atoms with E-state index >= 15 is 0 Å². The Hall–Kier alpha value is -1.24. The SMILES string of the molecule is Cc1ccc(C(CN)N2CC(=O)NC(=O)C2C)s1. The summed E-state index contributed by atoms with van der Waals surface area (Å²) < 4.78 is 0. The molecule has 1 fully saturated rings. The Morgan fingerprint density at radius 1 is 1.56 bits per heavy atom. The number of nitrogens with one attached hydrogen (secondary N) is 1. The second kappa shape index (κ2) is 5.17. The van der Waals surface area contributed by atoms with Gasteiger partial charge >= 0.3 is 0 Å². The monoisotopic (exact) mass is 267 g/mol. The second-order valence-corrected chi connectivity index (χ2v) is 5.78. The van der Waals surface area contributed by atoms with Gasteiger partial charge in [-0.15, -0.1) is 11.3 Å². The van der Waals surface area contributed by atoms with Gasteiger partial charge in [-0.3, -0.25) is 19.8 Å². The average molecular weight is 267 g/mol. The van der Waals surface area contributed by atoms with Crippen molar-refractivity contribution in [2.45, 2.75) is 25.9 Å². The summed E-state index contributed by atoms with van der Waals surface area (Å²) in [6, 6.07) is 3.63. The van der Waals surface area contributed by atoms with Crippen molar-refractivity contribution in [1.82, 2.24) is 10.2 Å². The van der Waals surface area contributed by atoms with Crippen molar-refractivity contribution in [3.05, 3.63) is 21.9 Å². The summed E-state index contributed by atoms with van der Waals surface area (Å²) in [4.78, 5) is 27.3. The molecule has 3 N–H and O–H groups in total. The molecule has 18 heavy (non-hydrogen) atoms. The van der Waals surface area contributed by atoms with E-state index in [1.807, 2.05) is 24.0 Å². The number of nitrogens with zero attached hydrogens (tertiary/aromatic N) is 1. The largest absolute Gasteiger partial charge is 0.329 e. The molecule has 2 atom stereocenters. The third-order valence-corrected chi connectivity index (χ3v) is 4.28. The predicted octanol–water partition coefficient (Wildman–Crippen LogP) is 0.403. The number of thiophene rings is 1. The van der Waals surface area contributed by atoms with Crippen LogP contribution < -0.4 is 11.1 Å². The maximum absolute atomic E-state index is 11.7. The van der Waals surface area contributed by atoms with Gasteiger partial charge in [-0.25, -0.2) is 0 Å². The maximum atomic E-state index is 11.7. The van der Waals surface area contributed by atoms with E-state index in [0.29, 0.717) is 6.54 Å². The highest BCUT2D eigenvalue weighted by molar-refractivity contribution is 7.12. The molecule has 0 aromatic carbocycles. The number of carbonyl (C=O) groups excluding carboxylic acids is 2.